The Morgan fingerprint density at radius 3 is 3.12 bits per heavy atom. The lowest BCUT2D eigenvalue weighted by atomic mass is 10.2. The van der Waals surface area contributed by atoms with Gasteiger partial charge in [-0.3, -0.25) is 0 Å². The number of hydrogen-bond acceptors (Lipinski definition) is 2. The van der Waals surface area contributed by atoms with Crippen LogP contribution in [0.1, 0.15) is 24.2 Å². The number of hydrogen-bond donors (Lipinski definition) is 2. The third-order valence-corrected chi connectivity index (χ3v) is 3.11. The van der Waals surface area contributed by atoms with Crippen molar-refractivity contribution in [1.82, 2.24) is 15.3 Å². The number of aryl methyl sites for hydroxylation is 1. The first-order chi connectivity index (χ1) is 7.81. The van der Waals surface area contributed by atoms with E-state index >= 15 is 0 Å². The maximum absolute atomic E-state index is 4.55. The quantitative estimate of drug-likeness (QED) is 0.822. The van der Waals surface area contributed by atoms with E-state index in [0.717, 1.165) is 35.9 Å². The number of aromatic amines is 1. The molecule has 0 saturated heterocycles. The lowest BCUT2D eigenvalue weighted by Gasteiger charge is -1.98. The van der Waals surface area contributed by atoms with Gasteiger partial charge in [0.05, 0.1) is 17.6 Å². The van der Waals surface area contributed by atoms with E-state index in [9.17, 15) is 0 Å². The van der Waals surface area contributed by atoms with Crippen LogP contribution in [-0.4, -0.2) is 16.5 Å². The van der Waals surface area contributed by atoms with Crippen molar-refractivity contribution in [3.05, 3.63) is 29.6 Å². The predicted molar refractivity (Wildman–Crippen MR) is 65.3 cm³/mol. The van der Waals surface area contributed by atoms with Crippen molar-refractivity contribution in [2.45, 2.75) is 26.3 Å². The van der Waals surface area contributed by atoms with E-state index < -0.39 is 0 Å². The summed E-state index contributed by atoms with van der Waals surface area (Å²) in [6, 6.07) is 6.32. The molecule has 16 heavy (non-hydrogen) atoms. The molecule has 1 aliphatic rings. The molecule has 2 N–H and O–H groups in total. The Kier molecular flexibility index (Phi) is 2.40. The molecule has 3 nitrogen and oxygen atoms in total. The normalized spacial score (nSPS) is 15.8. The van der Waals surface area contributed by atoms with Crippen molar-refractivity contribution >= 4 is 11.0 Å². The summed E-state index contributed by atoms with van der Waals surface area (Å²) in [5, 5.41) is 3.45. The zero-order valence-corrected chi connectivity index (χ0v) is 9.59. The smallest absolute Gasteiger partial charge is 0.121 e. The van der Waals surface area contributed by atoms with Crippen LogP contribution in [0.15, 0.2) is 18.2 Å². The van der Waals surface area contributed by atoms with Crippen LogP contribution in [0.25, 0.3) is 11.0 Å². The van der Waals surface area contributed by atoms with E-state index in [2.05, 4.69) is 40.4 Å². The second kappa shape index (κ2) is 3.91. The Hall–Kier alpha value is -1.35. The maximum atomic E-state index is 4.55. The number of aromatic nitrogens is 2. The summed E-state index contributed by atoms with van der Waals surface area (Å²) >= 11 is 0. The molecule has 0 aliphatic heterocycles. The molecule has 1 aromatic heterocycles. The van der Waals surface area contributed by atoms with E-state index in [4.69, 9.17) is 0 Å². The van der Waals surface area contributed by atoms with E-state index in [-0.39, 0.29) is 0 Å². The van der Waals surface area contributed by atoms with Crippen LogP contribution in [-0.2, 0) is 6.54 Å². The van der Waals surface area contributed by atoms with Gasteiger partial charge in [-0.2, -0.15) is 0 Å². The fourth-order valence-electron chi connectivity index (χ4n) is 1.98. The van der Waals surface area contributed by atoms with Gasteiger partial charge in [0.1, 0.15) is 5.82 Å². The Morgan fingerprint density at radius 1 is 1.44 bits per heavy atom. The zero-order valence-electron chi connectivity index (χ0n) is 9.59. The summed E-state index contributed by atoms with van der Waals surface area (Å²) in [6.07, 6.45) is 2.79. The fourth-order valence-corrected chi connectivity index (χ4v) is 1.98. The minimum atomic E-state index is 0.851. The Labute approximate surface area is 95.3 Å². The van der Waals surface area contributed by atoms with Gasteiger partial charge in [0.25, 0.3) is 0 Å². The Morgan fingerprint density at radius 2 is 2.31 bits per heavy atom. The standard InChI is InChI=1S/C13H17N3/c1-9-2-5-11-12(6-9)16-13(15-11)8-14-7-10-3-4-10/h2,5-6,10,14H,3-4,7-8H2,1H3,(H,15,16). The summed E-state index contributed by atoms with van der Waals surface area (Å²) in [5.41, 5.74) is 3.48. The summed E-state index contributed by atoms with van der Waals surface area (Å²) < 4.78 is 0. The number of fused-ring (bicyclic) bond motifs is 1. The third-order valence-electron chi connectivity index (χ3n) is 3.11. The maximum Gasteiger partial charge on any atom is 0.121 e. The Balaban J connectivity index is 1.71. The van der Waals surface area contributed by atoms with Crippen LogP contribution in [0.5, 0.6) is 0 Å². The van der Waals surface area contributed by atoms with Gasteiger partial charge in [0, 0.05) is 0 Å². The molecule has 3 heteroatoms. The highest BCUT2D eigenvalue weighted by Crippen LogP contribution is 2.27. The van der Waals surface area contributed by atoms with Crippen molar-refractivity contribution in [3.63, 3.8) is 0 Å². The highest BCUT2D eigenvalue weighted by atomic mass is 15.0. The van der Waals surface area contributed by atoms with Crippen molar-refractivity contribution < 1.29 is 0 Å². The summed E-state index contributed by atoms with van der Waals surface area (Å²) in [7, 11) is 0. The lowest BCUT2D eigenvalue weighted by molar-refractivity contribution is 0.624. The molecule has 0 unspecified atom stereocenters. The predicted octanol–water partition coefficient (Wildman–Crippen LogP) is 2.37. The van der Waals surface area contributed by atoms with Gasteiger partial charge >= 0.3 is 0 Å². The minimum Gasteiger partial charge on any atom is -0.341 e. The van der Waals surface area contributed by atoms with Crippen LogP contribution in [0, 0.1) is 12.8 Å². The zero-order chi connectivity index (χ0) is 11.0. The Bertz CT molecular complexity index is 497. The molecule has 1 aromatic carbocycles. The molecule has 1 heterocycles. The van der Waals surface area contributed by atoms with Gasteiger partial charge in [0.2, 0.25) is 0 Å². The van der Waals surface area contributed by atoms with Crippen LogP contribution in [0.3, 0.4) is 0 Å². The molecule has 0 spiro atoms. The van der Waals surface area contributed by atoms with Gasteiger partial charge in [-0.05, 0) is 49.9 Å². The van der Waals surface area contributed by atoms with E-state index in [1.807, 2.05) is 0 Å². The van der Waals surface area contributed by atoms with Crippen molar-refractivity contribution in [3.8, 4) is 0 Å². The molecule has 84 valence electrons. The molecule has 1 aliphatic carbocycles. The first kappa shape index (κ1) is 9.85. The molecular weight excluding hydrogens is 198 g/mol. The SMILES string of the molecule is Cc1ccc2nc(CNCC3CC3)[nH]c2c1. The van der Waals surface area contributed by atoms with Gasteiger partial charge in [-0.25, -0.2) is 4.98 Å². The molecule has 0 bridgehead atoms. The first-order valence-corrected chi connectivity index (χ1v) is 5.97. The number of imidazole rings is 1. The van der Waals surface area contributed by atoms with Crippen LogP contribution >= 0.6 is 0 Å². The molecule has 0 amide bonds. The van der Waals surface area contributed by atoms with Gasteiger partial charge in [0.15, 0.2) is 0 Å². The van der Waals surface area contributed by atoms with Crippen LogP contribution in [0.4, 0.5) is 0 Å². The molecule has 0 atom stereocenters. The van der Waals surface area contributed by atoms with Gasteiger partial charge in [-0.15, -0.1) is 0 Å². The first-order valence-electron chi connectivity index (χ1n) is 5.97. The molecule has 3 rings (SSSR count). The molecule has 1 saturated carbocycles. The number of nitrogens with zero attached hydrogens (tertiary/aromatic N) is 1. The third kappa shape index (κ3) is 2.09. The topological polar surface area (TPSA) is 40.7 Å². The van der Waals surface area contributed by atoms with E-state index in [0.29, 0.717) is 0 Å². The summed E-state index contributed by atoms with van der Waals surface area (Å²) in [5.74, 6) is 1.97. The molecule has 1 fully saturated rings. The van der Waals surface area contributed by atoms with E-state index in [1.54, 1.807) is 0 Å². The van der Waals surface area contributed by atoms with Crippen LogP contribution in [0.2, 0.25) is 0 Å². The largest absolute Gasteiger partial charge is 0.341 e. The van der Waals surface area contributed by atoms with Gasteiger partial charge in [-0.1, -0.05) is 6.07 Å². The summed E-state index contributed by atoms with van der Waals surface area (Å²) in [4.78, 5) is 7.91. The lowest BCUT2D eigenvalue weighted by Crippen LogP contribution is -2.16. The average Bonchev–Trinajstić information content (AvgIpc) is 2.98. The number of rotatable bonds is 4. The molecule has 0 radical (unpaired) electrons. The summed E-state index contributed by atoms with van der Waals surface area (Å²) in [6.45, 7) is 4.09. The van der Waals surface area contributed by atoms with Gasteiger partial charge < -0.3 is 10.3 Å². The highest BCUT2D eigenvalue weighted by Gasteiger charge is 2.20. The number of nitrogens with one attached hydrogen (secondary N) is 2. The number of H-pyrrole nitrogens is 1. The average molecular weight is 215 g/mol. The molecule has 2 aromatic rings. The van der Waals surface area contributed by atoms with Crippen molar-refractivity contribution in [2.75, 3.05) is 6.54 Å². The highest BCUT2D eigenvalue weighted by molar-refractivity contribution is 5.75. The fraction of sp³-hybridized carbons (Fsp3) is 0.462. The second-order valence-corrected chi connectivity index (χ2v) is 4.78. The minimum absolute atomic E-state index is 0.851. The van der Waals surface area contributed by atoms with Crippen molar-refractivity contribution in [2.24, 2.45) is 5.92 Å². The molecular formula is C13H17N3. The van der Waals surface area contributed by atoms with E-state index in [1.165, 1.54) is 18.4 Å². The monoisotopic (exact) mass is 215 g/mol. The van der Waals surface area contributed by atoms with Crippen molar-refractivity contribution in [1.29, 1.82) is 0 Å². The van der Waals surface area contributed by atoms with Crippen LogP contribution < -0.4 is 5.32 Å². The second-order valence-electron chi connectivity index (χ2n) is 4.78. The number of benzene rings is 1.